The van der Waals surface area contributed by atoms with Crippen molar-refractivity contribution in [3.8, 4) is 0 Å². The number of nitrogens with zero attached hydrogens (tertiary/aromatic N) is 1. The Morgan fingerprint density at radius 1 is 1.43 bits per heavy atom. The van der Waals surface area contributed by atoms with Crippen molar-refractivity contribution in [2.75, 3.05) is 11.9 Å². The number of pyridine rings is 1. The highest BCUT2D eigenvalue weighted by Crippen LogP contribution is 2.14. The number of allylic oxidation sites excluding steroid dienone is 3. The number of aliphatic hydroxyl groups is 1. The van der Waals surface area contributed by atoms with Crippen LogP contribution in [0.1, 0.15) is 32.6 Å². The molecule has 0 amide bonds. The van der Waals surface area contributed by atoms with E-state index in [9.17, 15) is 5.11 Å². The van der Waals surface area contributed by atoms with E-state index in [0.29, 0.717) is 23.8 Å². The molecule has 0 aliphatic heterocycles. The molecule has 0 radical (unpaired) electrons. The van der Waals surface area contributed by atoms with Crippen molar-refractivity contribution in [2.45, 2.75) is 32.4 Å². The van der Waals surface area contributed by atoms with Crippen LogP contribution in [0.25, 0.3) is 0 Å². The molecule has 0 aliphatic carbocycles. The summed E-state index contributed by atoms with van der Waals surface area (Å²) in [5.74, 6) is 0.654. The molecule has 1 aromatic rings. The van der Waals surface area contributed by atoms with Crippen molar-refractivity contribution in [3.63, 3.8) is 0 Å². The summed E-state index contributed by atoms with van der Waals surface area (Å²) in [6.07, 6.45) is 4.63. The highest BCUT2D eigenvalue weighted by molar-refractivity contribution is 5.44. The predicted molar refractivity (Wildman–Crippen MR) is 89.1 cm³/mol. The van der Waals surface area contributed by atoms with Crippen LogP contribution in [0.15, 0.2) is 55.3 Å². The van der Waals surface area contributed by atoms with Crippen LogP contribution in [0.2, 0.25) is 0 Å². The maximum atomic E-state index is 10.2. The highest BCUT2D eigenvalue weighted by Gasteiger charge is 2.14. The van der Waals surface area contributed by atoms with E-state index in [4.69, 9.17) is 0 Å². The third-order valence-electron chi connectivity index (χ3n) is 2.66. The fourth-order valence-corrected chi connectivity index (χ4v) is 1.60. The van der Waals surface area contributed by atoms with Crippen LogP contribution < -0.4 is 10.6 Å². The summed E-state index contributed by atoms with van der Waals surface area (Å²) >= 11 is 0. The Kier molecular flexibility index (Phi) is 6.34. The molecule has 0 bridgehead atoms. The van der Waals surface area contributed by atoms with Crippen molar-refractivity contribution in [1.29, 1.82) is 0 Å². The fraction of sp³-hybridized carbons (Fsp3) is 0.353. The van der Waals surface area contributed by atoms with Crippen LogP contribution in [0.3, 0.4) is 0 Å². The van der Waals surface area contributed by atoms with Crippen molar-refractivity contribution in [3.05, 3.63) is 61.0 Å². The first-order chi connectivity index (χ1) is 9.81. The van der Waals surface area contributed by atoms with Gasteiger partial charge in [0.25, 0.3) is 0 Å². The minimum absolute atomic E-state index is 0.0411. The monoisotopic (exact) mass is 287 g/mol. The van der Waals surface area contributed by atoms with Crippen LogP contribution in [0, 0.1) is 0 Å². The summed E-state index contributed by atoms with van der Waals surface area (Å²) in [7, 11) is 0. The Balaban J connectivity index is 2.69. The highest BCUT2D eigenvalue weighted by atomic mass is 16.3. The summed E-state index contributed by atoms with van der Waals surface area (Å²) in [5.41, 5.74) is 1.29. The van der Waals surface area contributed by atoms with E-state index in [0.717, 1.165) is 0 Å². The Labute approximate surface area is 127 Å². The molecule has 114 valence electrons. The molecule has 0 aromatic carbocycles. The number of aliphatic hydroxyl groups excluding tert-OH is 1. The Morgan fingerprint density at radius 3 is 2.76 bits per heavy atom. The lowest BCUT2D eigenvalue weighted by molar-refractivity contribution is 0.159. The summed E-state index contributed by atoms with van der Waals surface area (Å²) in [5, 5.41) is 16.5. The number of rotatable bonds is 7. The van der Waals surface area contributed by atoms with Gasteiger partial charge in [0.2, 0.25) is 0 Å². The largest absolute Gasteiger partial charge is 0.385 e. The lowest BCUT2D eigenvalue weighted by Gasteiger charge is -2.22. The van der Waals surface area contributed by atoms with Gasteiger partial charge in [-0.05, 0) is 39.0 Å². The van der Waals surface area contributed by atoms with E-state index < -0.39 is 6.10 Å². The van der Waals surface area contributed by atoms with E-state index >= 15 is 0 Å². The van der Waals surface area contributed by atoms with Crippen LogP contribution in [0.4, 0.5) is 5.82 Å². The van der Waals surface area contributed by atoms with Crippen molar-refractivity contribution < 1.29 is 5.11 Å². The lowest BCUT2D eigenvalue weighted by atomic mass is 10.1. The average molecular weight is 287 g/mol. The van der Waals surface area contributed by atoms with Gasteiger partial charge >= 0.3 is 0 Å². The first-order valence-electron chi connectivity index (χ1n) is 6.97. The number of anilines is 1. The molecule has 3 N–H and O–H groups in total. The van der Waals surface area contributed by atoms with E-state index in [-0.39, 0.29) is 5.54 Å². The van der Waals surface area contributed by atoms with Gasteiger partial charge in [0.05, 0.1) is 5.69 Å². The van der Waals surface area contributed by atoms with E-state index in [1.165, 1.54) is 0 Å². The third-order valence-corrected chi connectivity index (χ3v) is 2.66. The number of nitrogens with one attached hydrogen (secondary N) is 2. The zero-order chi connectivity index (χ0) is 15.9. The number of hydrogen-bond acceptors (Lipinski definition) is 4. The topological polar surface area (TPSA) is 57.2 Å². The SMILES string of the molecule is C=C/C=C\C(=C)Nc1cccc(C(O)CNC(C)(C)C)n1. The summed E-state index contributed by atoms with van der Waals surface area (Å²) in [6, 6.07) is 5.50. The normalized spacial score (nSPS) is 13.1. The molecule has 4 nitrogen and oxygen atoms in total. The van der Waals surface area contributed by atoms with Crippen molar-refractivity contribution >= 4 is 5.82 Å². The third kappa shape index (κ3) is 6.88. The van der Waals surface area contributed by atoms with Gasteiger partial charge in [-0.15, -0.1) is 0 Å². The quantitative estimate of drug-likeness (QED) is 0.674. The Bertz CT molecular complexity index is 515. The van der Waals surface area contributed by atoms with Crippen molar-refractivity contribution in [1.82, 2.24) is 10.3 Å². The smallest absolute Gasteiger partial charge is 0.130 e. The van der Waals surface area contributed by atoms with Crippen LogP contribution in [-0.2, 0) is 0 Å². The minimum Gasteiger partial charge on any atom is -0.385 e. The maximum absolute atomic E-state index is 10.2. The van der Waals surface area contributed by atoms with Crippen LogP contribution >= 0.6 is 0 Å². The number of aromatic nitrogens is 1. The molecule has 1 rings (SSSR count). The molecule has 4 heteroatoms. The molecule has 21 heavy (non-hydrogen) atoms. The van der Waals surface area contributed by atoms with Gasteiger partial charge in [0.1, 0.15) is 11.9 Å². The molecule has 1 heterocycles. The van der Waals surface area contributed by atoms with Gasteiger partial charge in [-0.2, -0.15) is 0 Å². The second kappa shape index (κ2) is 7.76. The summed E-state index contributed by atoms with van der Waals surface area (Å²) in [6.45, 7) is 14.1. The summed E-state index contributed by atoms with van der Waals surface area (Å²) < 4.78 is 0. The van der Waals surface area contributed by atoms with Gasteiger partial charge in [-0.3, -0.25) is 0 Å². The first kappa shape index (κ1) is 17.1. The number of hydrogen-bond donors (Lipinski definition) is 3. The molecule has 0 spiro atoms. The summed E-state index contributed by atoms with van der Waals surface area (Å²) in [4.78, 5) is 4.40. The number of β-amino-alcohol motifs (C(OH)–C–C–N with tert-alkyl or cyclic N) is 1. The van der Waals surface area contributed by atoms with Crippen molar-refractivity contribution in [2.24, 2.45) is 0 Å². The molecule has 1 unspecified atom stereocenters. The Hall–Kier alpha value is -1.91. The molecule has 1 aromatic heterocycles. The second-order valence-electron chi connectivity index (χ2n) is 5.84. The van der Waals surface area contributed by atoms with Gasteiger partial charge in [-0.25, -0.2) is 4.98 Å². The maximum Gasteiger partial charge on any atom is 0.130 e. The van der Waals surface area contributed by atoms with Gasteiger partial charge in [0.15, 0.2) is 0 Å². The Morgan fingerprint density at radius 2 is 2.14 bits per heavy atom. The molecular formula is C17H25N3O. The lowest BCUT2D eigenvalue weighted by Crippen LogP contribution is -2.38. The standard InChI is InChI=1S/C17H25N3O/c1-6-7-9-13(2)19-16-11-8-10-14(20-16)15(21)12-18-17(3,4)5/h6-11,15,18,21H,1-2,12H2,3-5H3,(H,19,20)/b9-7-. The van der Waals surface area contributed by atoms with Crippen LogP contribution in [-0.4, -0.2) is 22.2 Å². The molecule has 0 fully saturated rings. The minimum atomic E-state index is -0.650. The van der Waals surface area contributed by atoms with Gasteiger partial charge < -0.3 is 15.7 Å². The molecule has 0 saturated heterocycles. The molecule has 0 saturated carbocycles. The first-order valence-corrected chi connectivity index (χ1v) is 6.97. The van der Waals surface area contributed by atoms with Gasteiger partial charge in [0, 0.05) is 17.8 Å². The average Bonchev–Trinajstić information content (AvgIpc) is 2.42. The zero-order valence-corrected chi connectivity index (χ0v) is 13.1. The van der Waals surface area contributed by atoms with E-state index in [2.05, 4.69) is 49.5 Å². The van der Waals surface area contributed by atoms with Gasteiger partial charge in [-0.1, -0.05) is 31.4 Å². The van der Waals surface area contributed by atoms with E-state index in [1.54, 1.807) is 18.2 Å². The second-order valence-corrected chi connectivity index (χ2v) is 5.84. The molecular weight excluding hydrogens is 262 g/mol. The van der Waals surface area contributed by atoms with Crippen LogP contribution in [0.5, 0.6) is 0 Å². The molecule has 1 atom stereocenters. The zero-order valence-electron chi connectivity index (χ0n) is 13.1. The van der Waals surface area contributed by atoms with E-state index in [1.807, 2.05) is 18.2 Å². The predicted octanol–water partition coefficient (Wildman–Crippen LogP) is 3.17. The molecule has 0 aliphatic rings. The fourth-order valence-electron chi connectivity index (χ4n) is 1.60.